The number of carbonyl (C=O) groups is 1. The molecule has 0 aliphatic carbocycles. The van der Waals surface area contributed by atoms with Gasteiger partial charge in [-0.05, 0) is 19.9 Å². The molecule has 0 radical (unpaired) electrons. The summed E-state index contributed by atoms with van der Waals surface area (Å²) >= 11 is 1.48. The minimum atomic E-state index is 0.328. The maximum Gasteiger partial charge on any atom is 0.160 e. The van der Waals surface area contributed by atoms with Crippen LogP contribution in [0.15, 0.2) is 11.4 Å². The van der Waals surface area contributed by atoms with Crippen LogP contribution in [0.3, 0.4) is 0 Å². The normalized spacial score (nSPS) is 12.5. The molecule has 0 aliphatic heterocycles. The van der Waals surface area contributed by atoms with Crippen molar-refractivity contribution in [1.29, 1.82) is 0 Å². The van der Waals surface area contributed by atoms with Crippen LogP contribution in [-0.2, 0) is 4.74 Å². The molecule has 1 unspecified atom stereocenters. The lowest BCUT2D eigenvalue weighted by atomic mass is 10.2. The number of anilines is 1. The molecule has 1 rings (SSSR count). The lowest BCUT2D eigenvalue weighted by Crippen LogP contribution is -2.35. The first-order valence-corrected chi connectivity index (χ1v) is 5.90. The lowest BCUT2D eigenvalue weighted by Gasteiger charge is -2.28. The van der Waals surface area contributed by atoms with Gasteiger partial charge < -0.3 is 9.64 Å². The molecule has 0 aromatic carbocycles. The summed E-state index contributed by atoms with van der Waals surface area (Å²) in [6.07, 6.45) is 0.892. The highest BCUT2D eigenvalue weighted by Gasteiger charge is 2.13. The molecule has 3 nitrogen and oxygen atoms in total. The molecule has 1 atom stereocenters. The molecule has 0 bridgehead atoms. The van der Waals surface area contributed by atoms with Crippen molar-refractivity contribution in [3.8, 4) is 0 Å². The summed E-state index contributed by atoms with van der Waals surface area (Å²) in [6, 6.07) is 2.25. The second kappa shape index (κ2) is 5.88. The van der Waals surface area contributed by atoms with Gasteiger partial charge >= 0.3 is 0 Å². The van der Waals surface area contributed by atoms with Crippen molar-refractivity contribution in [3.63, 3.8) is 0 Å². The third kappa shape index (κ3) is 3.04. The highest BCUT2D eigenvalue weighted by Crippen LogP contribution is 2.23. The molecule has 1 aromatic heterocycles. The first kappa shape index (κ1) is 12.2. The van der Waals surface area contributed by atoms with Crippen molar-refractivity contribution >= 4 is 23.3 Å². The van der Waals surface area contributed by atoms with Crippen LogP contribution in [0.25, 0.3) is 0 Å². The van der Waals surface area contributed by atoms with Crippen LogP contribution in [0, 0.1) is 0 Å². The topological polar surface area (TPSA) is 29.5 Å². The average Bonchev–Trinajstić information content (AvgIpc) is 2.68. The number of hydrogen-bond donors (Lipinski definition) is 0. The number of carbonyl (C=O) groups excluding carboxylic acids is 1. The van der Waals surface area contributed by atoms with Crippen LogP contribution in [0.2, 0.25) is 0 Å². The molecule has 0 saturated carbocycles. The van der Waals surface area contributed by atoms with Gasteiger partial charge in [-0.3, -0.25) is 4.79 Å². The Morgan fingerprint density at radius 3 is 2.87 bits per heavy atom. The molecule has 4 heteroatoms. The molecule has 15 heavy (non-hydrogen) atoms. The Morgan fingerprint density at radius 1 is 1.67 bits per heavy atom. The number of methoxy groups -OCH3 is 1. The summed E-state index contributed by atoms with van der Waals surface area (Å²) in [4.78, 5) is 13.6. The van der Waals surface area contributed by atoms with E-state index in [9.17, 15) is 4.79 Å². The third-order valence-corrected chi connectivity index (χ3v) is 3.18. The predicted octanol–water partition coefficient (Wildman–Crippen LogP) is 2.42. The predicted molar refractivity (Wildman–Crippen MR) is 64.1 cm³/mol. The van der Waals surface area contributed by atoms with Gasteiger partial charge in [-0.15, -0.1) is 11.3 Å². The number of rotatable bonds is 6. The van der Waals surface area contributed by atoms with Gasteiger partial charge in [0.15, 0.2) is 6.29 Å². The Kier molecular flexibility index (Phi) is 4.78. The maximum atomic E-state index is 10.6. The summed E-state index contributed by atoms with van der Waals surface area (Å²) in [5.74, 6) is 0. The monoisotopic (exact) mass is 227 g/mol. The van der Waals surface area contributed by atoms with E-state index in [1.807, 2.05) is 11.4 Å². The number of aldehydes is 1. The summed E-state index contributed by atoms with van der Waals surface area (Å²) < 4.78 is 5.13. The highest BCUT2D eigenvalue weighted by molar-refractivity contribution is 7.12. The molecule has 0 N–H and O–H groups in total. The van der Waals surface area contributed by atoms with Crippen molar-refractivity contribution in [3.05, 3.63) is 16.3 Å². The number of nitrogens with zero attached hydrogens (tertiary/aromatic N) is 1. The number of hydrogen-bond acceptors (Lipinski definition) is 4. The van der Waals surface area contributed by atoms with Crippen LogP contribution < -0.4 is 4.90 Å². The van der Waals surface area contributed by atoms with E-state index in [4.69, 9.17) is 4.74 Å². The van der Waals surface area contributed by atoms with E-state index in [0.29, 0.717) is 12.6 Å². The molecule has 0 spiro atoms. The largest absolute Gasteiger partial charge is 0.383 e. The number of likely N-dealkylation sites (N-methyl/N-ethyl adjacent to an activating group) is 1. The SMILES string of the molecule is CCN(c1csc(C=O)c1)C(C)COC. The number of thiophene rings is 1. The minimum Gasteiger partial charge on any atom is -0.383 e. The van der Waals surface area contributed by atoms with E-state index in [0.717, 1.165) is 23.4 Å². The van der Waals surface area contributed by atoms with E-state index >= 15 is 0 Å². The smallest absolute Gasteiger partial charge is 0.160 e. The standard InChI is InChI=1S/C11H17NO2S/c1-4-12(9(2)7-14-3)10-5-11(6-13)15-8-10/h5-6,8-9H,4,7H2,1-3H3. The zero-order chi connectivity index (χ0) is 11.3. The molecule has 0 amide bonds. The first-order chi connectivity index (χ1) is 7.22. The van der Waals surface area contributed by atoms with Gasteiger partial charge in [0.2, 0.25) is 0 Å². The van der Waals surface area contributed by atoms with Crippen molar-refractivity contribution in [1.82, 2.24) is 0 Å². The second-order valence-electron chi connectivity index (χ2n) is 3.42. The summed E-state index contributed by atoms with van der Waals surface area (Å²) in [7, 11) is 1.70. The van der Waals surface area contributed by atoms with Gasteiger partial charge in [-0.2, -0.15) is 0 Å². The van der Waals surface area contributed by atoms with Crippen molar-refractivity contribution in [2.75, 3.05) is 25.2 Å². The third-order valence-electron chi connectivity index (χ3n) is 2.33. The fourth-order valence-electron chi connectivity index (χ4n) is 1.63. The van der Waals surface area contributed by atoms with Crippen molar-refractivity contribution < 1.29 is 9.53 Å². The first-order valence-electron chi connectivity index (χ1n) is 5.02. The van der Waals surface area contributed by atoms with Crippen LogP contribution >= 0.6 is 11.3 Å². The molecule has 1 aromatic rings. The van der Waals surface area contributed by atoms with Crippen LogP contribution in [0.4, 0.5) is 5.69 Å². The Morgan fingerprint density at radius 2 is 2.40 bits per heavy atom. The van der Waals surface area contributed by atoms with Gasteiger partial charge in [0.1, 0.15) is 0 Å². The molecule has 1 heterocycles. The molecule has 84 valence electrons. The van der Waals surface area contributed by atoms with Gasteiger partial charge in [0.25, 0.3) is 0 Å². The van der Waals surface area contributed by atoms with Crippen molar-refractivity contribution in [2.24, 2.45) is 0 Å². The van der Waals surface area contributed by atoms with E-state index in [2.05, 4.69) is 18.7 Å². The zero-order valence-electron chi connectivity index (χ0n) is 9.40. The number of ether oxygens (including phenoxy) is 1. The van der Waals surface area contributed by atoms with Crippen LogP contribution in [0.5, 0.6) is 0 Å². The van der Waals surface area contributed by atoms with E-state index < -0.39 is 0 Å². The van der Waals surface area contributed by atoms with E-state index in [1.54, 1.807) is 7.11 Å². The summed E-state index contributed by atoms with van der Waals surface area (Å²) in [5.41, 5.74) is 1.11. The Hall–Kier alpha value is -0.870. The Labute approximate surface area is 94.7 Å². The molecular formula is C11H17NO2S. The van der Waals surface area contributed by atoms with Crippen molar-refractivity contribution in [2.45, 2.75) is 19.9 Å². The molecule has 0 saturated heterocycles. The van der Waals surface area contributed by atoms with Gasteiger partial charge in [0, 0.05) is 30.8 Å². The molecule has 0 aliphatic rings. The fourth-order valence-corrected chi connectivity index (χ4v) is 2.34. The average molecular weight is 227 g/mol. The summed E-state index contributed by atoms with van der Waals surface area (Å²) in [5, 5.41) is 2.01. The maximum absolute atomic E-state index is 10.6. The van der Waals surface area contributed by atoms with Gasteiger partial charge in [-0.25, -0.2) is 0 Å². The quantitative estimate of drug-likeness (QED) is 0.699. The Bertz CT molecular complexity index is 311. The lowest BCUT2D eigenvalue weighted by molar-refractivity contribution is 0.112. The van der Waals surface area contributed by atoms with Gasteiger partial charge in [-0.1, -0.05) is 0 Å². The highest BCUT2D eigenvalue weighted by atomic mass is 32.1. The second-order valence-corrected chi connectivity index (χ2v) is 4.36. The summed E-state index contributed by atoms with van der Waals surface area (Å²) in [6.45, 7) is 5.83. The van der Waals surface area contributed by atoms with Crippen LogP contribution in [-0.4, -0.2) is 32.6 Å². The van der Waals surface area contributed by atoms with Crippen LogP contribution in [0.1, 0.15) is 23.5 Å². The van der Waals surface area contributed by atoms with E-state index in [1.165, 1.54) is 11.3 Å². The van der Waals surface area contributed by atoms with Gasteiger partial charge in [0.05, 0.1) is 11.5 Å². The Balaban J connectivity index is 2.77. The molecule has 0 fully saturated rings. The van der Waals surface area contributed by atoms with E-state index in [-0.39, 0.29) is 0 Å². The zero-order valence-corrected chi connectivity index (χ0v) is 10.2. The molecular weight excluding hydrogens is 210 g/mol. The minimum absolute atomic E-state index is 0.328. The fraction of sp³-hybridized carbons (Fsp3) is 0.545.